The van der Waals surface area contributed by atoms with Crippen LogP contribution in [0.1, 0.15) is 54.4 Å². The Hall–Kier alpha value is -0.570. The van der Waals surface area contributed by atoms with Gasteiger partial charge in [-0.15, -0.1) is 0 Å². The number of rotatable bonds is 2. The van der Waals surface area contributed by atoms with Crippen molar-refractivity contribution in [2.45, 2.75) is 66.5 Å². The summed E-state index contributed by atoms with van der Waals surface area (Å²) in [5.74, 6) is 0.0213. The first-order chi connectivity index (χ1) is 7.20. The predicted molar refractivity (Wildman–Crippen MR) is 64.9 cm³/mol. The summed E-state index contributed by atoms with van der Waals surface area (Å²) in [6.07, 6.45) is 2.43. The van der Waals surface area contributed by atoms with Crippen LogP contribution in [0, 0.1) is 0 Å². The average molecular weight is 217 g/mol. The van der Waals surface area contributed by atoms with Crippen molar-refractivity contribution in [3.8, 4) is 0 Å². The van der Waals surface area contributed by atoms with Gasteiger partial charge < -0.3 is 10.1 Å². The maximum Gasteiger partial charge on any atom is 0.217 e. The molecule has 0 bridgehead atoms. The van der Waals surface area contributed by atoms with Crippen molar-refractivity contribution >= 4 is 5.91 Å². The predicted octanol–water partition coefficient (Wildman–Crippen LogP) is 2.74. The quantitative estimate of drug-likeness (QED) is 0.772. The largest absolute Gasteiger partial charge is 0.376 e. The molecule has 2 unspecified atom stereocenters. The molecule has 1 fully saturated rings. The molecule has 3 nitrogen and oxygen atoms in total. The summed E-state index contributed by atoms with van der Waals surface area (Å²) in [7, 11) is 0. The van der Waals surface area contributed by atoms with E-state index in [0.717, 1.165) is 19.4 Å². The lowest BCUT2D eigenvalue weighted by Gasteiger charge is -2.18. The topological polar surface area (TPSA) is 38.3 Å². The van der Waals surface area contributed by atoms with Gasteiger partial charge in [-0.1, -0.05) is 27.7 Å². The SMILES string of the molecule is CC.CC.CC(=O)NC(C)C1CCCO1. The molecule has 0 aromatic heterocycles. The van der Waals surface area contributed by atoms with E-state index in [-0.39, 0.29) is 18.1 Å². The Morgan fingerprint density at radius 2 is 1.87 bits per heavy atom. The number of carbonyl (C=O) groups is 1. The van der Waals surface area contributed by atoms with E-state index in [9.17, 15) is 4.79 Å². The molecule has 0 radical (unpaired) electrons. The zero-order valence-electron chi connectivity index (χ0n) is 11.1. The number of amides is 1. The zero-order valence-corrected chi connectivity index (χ0v) is 11.1. The molecule has 1 N–H and O–H groups in total. The highest BCUT2D eigenvalue weighted by molar-refractivity contribution is 5.73. The van der Waals surface area contributed by atoms with E-state index in [1.165, 1.54) is 6.92 Å². The van der Waals surface area contributed by atoms with Gasteiger partial charge in [0.25, 0.3) is 0 Å². The van der Waals surface area contributed by atoms with Crippen molar-refractivity contribution < 1.29 is 9.53 Å². The Morgan fingerprint density at radius 1 is 1.33 bits per heavy atom. The van der Waals surface area contributed by atoms with Crippen LogP contribution in [0.5, 0.6) is 0 Å². The van der Waals surface area contributed by atoms with Crippen LogP contribution in [0.2, 0.25) is 0 Å². The van der Waals surface area contributed by atoms with Crippen LogP contribution in [-0.2, 0) is 9.53 Å². The molecule has 0 aliphatic carbocycles. The molecule has 0 aromatic rings. The van der Waals surface area contributed by atoms with Crippen LogP contribution >= 0.6 is 0 Å². The highest BCUT2D eigenvalue weighted by Gasteiger charge is 2.22. The minimum atomic E-state index is 0.0213. The molecular weight excluding hydrogens is 190 g/mol. The van der Waals surface area contributed by atoms with Gasteiger partial charge >= 0.3 is 0 Å². The van der Waals surface area contributed by atoms with E-state index in [4.69, 9.17) is 4.74 Å². The van der Waals surface area contributed by atoms with Gasteiger partial charge in [-0.25, -0.2) is 0 Å². The molecule has 15 heavy (non-hydrogen) atoms. The van der Waals surface area contributed by atoms with Gasteiger partial charge in [0.15, 0.2) is 0 Å². The van der Waals surface area contributed by atoms with Gasteiger partial charge in [-0.05, 0) is 19.8 Å². The average Bonchev–Trinajstić information content (AvgIpc) is 2.76. The van der Waals surface area contributed by atoms with E-state index in [2.05, 4.69) is 5.32 Å². The maximum atomic E-state index is 10.6. The second kappa shape index (κ2) is 11.5. The number of ether oxygens (including phenoxy) is 1. The van der Waals surface area contributed by atoms with Crippen molar-refractivity contribution in [3.05, 3.63) is 0 Å². The van der Waals surface area contributed by atoms with E-state index >= 15 is 0 Å². The lowest BCUT2D eigenvalue weighted by molar-refractivity contribution is -0.120. The number of nitrogens with one attached hydrogen (secondary N) is 1. The molecule has 1 aliphatic rings. The second-order valence-electron chi connectivity index (χ2n) is 3.04. The van der Waals surface area contributed by atoms with Crippen LogP contribution in [0.4, 0.5) is 0 Å². The Labute approximate surface area is 94.6 Å². The van der Waals surface area contributed by atoms with Crippen LogP contribution in [0.15, 0.2) is 0 Å². The van der Waals surface area contributed by atoms with E-state index in [1.54, 1.807) is 0 Å². The summed E-state index contributed by atoms with van der Waals surface area (Å²) >= 11 is 0. The molecule has 0 saturated carbocycles. The van der Waals surface area contributed by atoms with Gasteiger partial charge in [-0.3, -0.25) is 4.79 Å². The minimum Gasteiger partial charge on any atom is -0.376 e. The normalized spacial score (nSPS) is 20.3. The van der Waals surface area contributed by atoms with Crippen molar-refractivity contribution in [1.82, 2.24) is 5.32 Å². The molecule has 92 valence electrons. The van der Waals surface area contributed by atoms with E-state index in [0.29, 0.717) is 0 Å². The van der Waals surface area contributed by atoms with Crippen molar-refractivity contribution in [2.24, 2.45) is 0 Å². The first-order valence-corrected chi connectivity index (χ1v) is 6.09. The third-order valence-electron chi connectivity index (χ3n) is 1.95. The Bertz CT molecular complexity index is 143. The molecule has 1 saturated heterocycles. The lowest BCUT2D eigenvalue weighted by Crippen LogP contribution is -2.39. The Kier molecular flexibility index (Phi) is 12.9. The maximum absolute atomic E-state index is 10.6. The molecule has 1 rings (SSSR count). The standard InChI is InChI=1S/C8H15NO2.2C2H6/c1-6(9-7(2)10)8-4-3-5-11-8;2*1-2/h6,8H,3-5H2,1-2H3,(H,9,10);2*1-2H3. The lowest BCUT2D eigenvalue weighted by atomic mass is 10.1. The van der Waals surface area contributed by atoms with Gasteiger partial charge in [-0.2, -0.15) is 0 Å². The highest BCUT2D eigenvalue weighted by Crippen LogP contribution is 2.14. The molecule has 1 heterocycles. The van der Waals surface area contributed by atoms with Crippen molar-refractivity contribution in [2.75, 3.05) is 6.61 Å². The number of carbonyl (C=O) groups excluding carboxylic acids is 1. The molecule has 0 aromatic carbocycles. The highest BCUT2D eigenvalue weighted by atomic mass is 16.5. The van der Waals surface area contributed by atoms with E-state index in [1.807, 2.05) is 34.6 Å². The molecule has 1 amide bonds. The van der Waals surface area contributed by atoms with Crippen LogP contribution < -0.4 is 5.32 Å². The van der Waals surface area contributed by atoms with Crippen molar-refractivity contribution in [3.63, 3.8) is 0 Å². The third kappa shape index (κ3) is 8.43. The monoisotopic (exact) mass is 217 g/mol. The molecule has 1 aliphatic heterocycles. The van der Waals surface area contributed by atoms with Gasteiger partial charge in [0.1, 0.15) is 0 Å². The first-order valence-electron chi connectivity index (χ1n) is 6.09. The fourth-order valence-electron chi connectivity index (χ4n) is 1.41. The minimum absolute atomic E-state index is 0.0213. The first kappa shape index (κ1) is 16.8. The summed E-state index contributed by atoms with van der Waals surface area (Å²) < 4.78 is 5.40. The number of hydrogen-bond acceptors (Lipinski definition) is 2. The van der Waals surface area contributed by atoms with Crippen LogP contribution in [0.3, 0.4) is 0 Å². The Balaban J connectivity index is 0. The summed E-state index contributed by atoms with van der Waals surface area (Å²) in [5.41, 5.74) is 0. The molecule has 2 atom stereocenters. The smallest absolute Gasteiger partial charge is 0.217 e. The zero-order chi connectivity index (χ0) is 12.3. The van der Waals surface area contributed by atoms with Gasteiger partial charge in [0.05, 0.1) is 12.1 Å². The Morgan fingerprint density at radius 3 is 2.20 bits per heavy atom. The summed E-state index contributed by atoms with van der Waals surface area (Å²) in [5, 5.41) is 2.82. The fraction of sp³-hybridized carbons (Fsp3) is 0.917. The number of hydrogen-bond donors (Lipinski definition) is 1. The summed E-state index contributed by atoms with van der Waals surface area (Å²) in [6, 6.07) is 0.162. The molecular formula is C12H27NO2. The summed E-state index contributed by atoms with van der Waals surface area (Å²) in [6.45, 7) is 12.4. The molecule has 3 heteroatoms. The fourth-order valence-corrected chi connectivity index (χ4v) is 1.41. The third-order valence-corrected chi connectivity index (χ3v) is 1.95. The van der Waals surface area contributed by atoms with Crippen LogP contribution in [0.25, 0.3) is 0 Å². The summed E-state index contributed by atoms with van der Waals surface area (Å²) in [4.78, 5) is 10.6. The second-order valence-corrected chi connectivity index (χ2v) is 3.04. The van der Waals surface area contributed by atoms with Gasteiger partial charge in [0, 0.05) is 13.5 Å². The van der Waals surface area contributed by atoms with Crippen molar-refractivity contribution in [1.29, 1.82) is 0 Å². The van der Waals surface area contributed by atoms with Crippen LogP contribution in [-0.4, -0.2) is 24.7 Å². The van der Waals surface area contributed by atoms with E-state index < -0.39 is 0 Å². The van der Waals surface area contributed by atoms with Gasteiger partial charge in [0.2, 0.25) is 5.91 Å². The molecule has 0 spiro atoms.